The number of imidazole rings is 1. The third-order valence-electron chi connectivity index (χ3n) is 3.14. The molecule has 2 aromatic heterocycles. The van der Waals surface area contributed by atoms with Crippen molar-refractivity contribution in [3.8, 4) is 12.1 Å². The molecule has 0 aliphatic rings. The number of anilines is 1. The maximum atomic E-state index is 9.43. The van der Waals surface area contributed by atoms with E-state index in [0.717, 1.165) is 5.69 Å². The monoisotopic (exact) mass is 300 g/mol. The van der Waals surface area contributed by atoms with Crippen molar-refractivity contribution in [1.29, 1.82) is 10.5 Å². The molecule has 0 fully saturated rings. The molecular formula is C14H13ClN6. The first kappa shape index (κ1) is 14.8. The molecule has 0 saturated carbocycles. The van der Waals surface area contributed by atoms with E-state index in [2.05, 4.69) is 21.0 Å². The highest BCUT2D eigenvalue weighted by Crippen LogP contribution is 2.29. The zero-order chi connectivity index (χ0) is 15.4. The first-order valence-corrected chi connectivity index (χ1v) is 6.71. The van der Waals surface area contributed by atoms with Crippen LogP contribution in [0.3, 0.4) is 0 Å². The summed E-state index contributed by atoms with van der Waals surface area (Å²) in [5.41, 5.74) is 2.18. The molecule has 2 rings (SSSR count). The van der Waals surface area contributed by atoms with Crippen molar-refractivity contribution >= 4 is 17.4 Å². The van der Waals surface area contributed by atoms with Crippen molar-refractivity contribution in [2.45, 2.75) is 19.9 Å². The summed E-state index contributed by atoms with van der Waals surface area (Å²) in [5, 5.41) is 18.7. The standard InChI is InChI=1S/C14H13ClN6/c1-3-10-11(4-16)13(15)20-14(12(10)5-17)21(2)7-9-6-18-8-19-9/h6,8H,3,7H2,1-2H3,(H,18,19). The van der Waals surface area contributed by atoms with Crippen molar-refractivity contribution in [2.24, 2.45) is 0 Å². The fraction of sp³-hybridized carbons (Fsp3) is 0.286. The summed E-state index contributed by atoms with van der Waals surface area (Å²) < 4.78 is 0. The van der Waals surface area contributed by atoms with Gasteiger partial charge in [-0.15, -0.1) is 0 Å². The van der Waals surface area contributed by atoms with E-state index < -0.39 is 0 Å². The van der Waals surface area contributed by atoms with Gasteiger partial charge >= 0.3 is 0 Å². The van der Waals surface area contributed by atoms with Gasteiger partial charge in [0.15, 0.2) is 0 Å². The Labute approximate surface area is 127 Å². The number of aromatic amines is 1. The van der Waals surface area contributed by atoms with Gasteiger partial charge in [0.25, 0.3) is 0 Å². The zero-order valence-corrected chi connectivity index (χ0v) is 12.4. The van der Waals surface area contributed by atoms with Gasteiger partial charge in [-0.25, -0.2) is 9.97 Å². The average molecular weight is 301 g/mol. The Morgan fingerprint density at radius 1 is 1.33 bits per heavy atom. The van der Waals surface area contributed by atoms with Crippen molar-refractivity contribution in [2.75, 3.05) is 11.9 Å². The second-order valence-corrected chi connectivity index (χ2v) is 4.82. The molecule has 2 heterocycles. The van der Waals surface area contributed by atoms with Gasteiger partial charge in [0.2, 0.25) is 0 Å². The van der Waals surface area contributed by atoms with E-state index in [9.17, 15) is 10.5 Å². The van der Waals surface area contributed by atoms with E-state index in [4.69, 9.17) is 11.6 Å². The minimum absolute atomic E-state index is 0.125. The van der Waals surface area contributed by atoms with Crippen LogP contribution in [-0.4, -0.2) is 22.0 Å². The molecule has 0 aliphatic heterocycles. The van der Waals surface area contributed by atoms with E-state index >= 15 is 0 Å². The quantitative estimate of drug-likeness (QED) is 0.875. The van der Waals surface area contributed by atoms with Crippen LogP contribution in [0.25, 0.3) is 0 Å². The lowest BCUT2D eigenvalue weighted by molar-refractivity contribution is 0.866. The Bertz CT molecular complexity index is 723. The van der Waals surface area contributed by atoms with Gasteiger partial charge in [-0.3, -0.25) is 0 Å². The molecule has 0 amide bonds. The van der Waals surface area contributed by atoms with Gasteiger partial charge in [0.05, 0.1) is 29.7 Å². The van der Waals surface area contributed by atoms with Crippen LogP contribution in [0.1, 0.15) is 29.3 Å². The van der Waals surface area contributed by atoms with Gasteiger partial charge in [-0.2, -0.15) is 10.5 Å². The minimum atomic E-state index is 0.125. The Hall–Kier alpha value is -2.57. The van der Waals surface area contributed by atoms with Gasteiger partial charge in [-0.1, -0.05) is 18.5 Å². The molecule has 0 saturated heterocycles. The Kier molecular flexibility index (Phi) is 4.42. The molecule has 0 bridgehead atoms. The number of nitrogens with one attached hydrogen (secondary N) is 1. The Morgan fingerprint density at radius 3 is 2.57 bits per heavy atom. The number of H-pyrrole nitrogens is 1. The van der Waals surface area contributed by atoms with E-state index in [-0.39, 0.29) is 10.7 Å². The number of nitrogens with zero attached hydrogens (tertiary/aromatic N) is 5. The predicted molar refractivity (Wildman–Crippen MR) is 78.7 cm³/mol. The molecule has 0 radical (unpaired) electrons. The first-order valence-electron chi connectivity index (χ1n) is 6.33. The minimum Gasteiger partial charge on any atom is -0.353 e. The normalized spacial score (nSPS) is 9.95. The van der Waals surface area contributed by atoms with E-state index in [1.807, 2.05) is 20.0 Å². The highest BCUT2D eigenvalue weighted by molar-refractivity contribution is 6.30. The fourth-order valence-electron chi connectivity index (χ4n) is 2.15. The van der Waals surface area contributed by atoms with E-state index in [1.54, 1.807) is 17.4 Å². The number of rotatable bonds is 4. The van der Waals surface area contributed by atoms with E-state index in [0.29, 0.717) is 29.9 Å². The van der Waals surface area contributed by atoms with Crippen LogP contribution in [0.2, 0.25) is 5.15 Å². The van der Waals surface area contributed by atoms with Crippen LogP contribution in [-0.2, 0) is 13.0 Å². The van der Waals surface area contributed by atoms with Crippen LogP contribution in [0.15, 0.2) is 12.5 Å². The molecule has 6 nitrogen and oxygen atoms in total. The second kappa shape index (κ2) is 6.25. The van der Waals surface area contributed by atoms with Crippen molar-refractivity contribution in [3.63, 3.8) is 0 Å². The van der Waals surface area contributed by atoms with Crippen molar-refractivity contribution < 1.29 is 0 Å². The van der Waals surface area contributed by atoms with Crippen LogP contribution in [0.5, 0.6) is 0 Å². The average Bonchev–Trinajstić information content (AvgIpc) is 2.98. The van der Waals surface area contributed by atoms with Crippen LogP contribution in [0.4, 0.5) is 5.82 Å². The number of aromatic nitrogens is 3. The lowest BCUT2D eigenvalue weighted by atomic mass is 10.0. The van der Waals surface area contributed by atoms with Crippen LogP contribution in [0, 0.1) is 22.7 Å². The maximum absolute atomic E-state index is 9.43. The number of hydrogen-bond donors (Lipinski definition) is 1. The molecule has 0 aliphatic carbocycles. The molecule has 0 aromatic carbocycles. The SMILES string of the molecule is CCc1c(C#N)c(Cl)nc(N(C)Cc2cnc[nH]2)c1C#N. The molecule has 0 unspecified atom stereocenters. The summed E-state index contributed by atoms with van der Waals surface area (Å²) in [7, 11) is 1.81. The van der Waals surface area contributed by atoms with Crippen LogP contribution < -0.4 is 4.90 Å². The molecule has 106 valence electrons. The highest BCUT2D eigenvalue weighted by Gasteiger charge is 2.20. The summed E-state index contributed by atoms with van der Waals surface area (Å²) >= 11 is 6.08. The Morgan fingerprint density at radius 2 is 2.05 bits per heavy atom. The number of pyridine rings is 1. The molecule has 0 atom stereocenters. The van der Waals surface area contributed by atoms with Gasteiger partial charge in [-0.05, 0) is 12.0 Å². The summed E-state index contributed by atoms with van der Waals surface area (Å²) in [6, 6.07) is 4.16. The third kappa shape index (κ3) is 2.81. The Balaban J connectivity index is 2.51. The molecule has 7 heteroatoms. The summed E-state index contributed by atoms with van der Waals surface area (Å²) in [4.78, 5) is 13.0. The smallest absolute Gasteiger partial charge is 0.149 e. The largest absolute Gasteiger partial charge is 0.353 e. The topological polar surface area (TPSA) is 92.4 Å². The van der Waals surface area contributed by atoms with Gasteiger partial charge in [0.1, 0.15) is 23.1 Å². The zero-order valence-electron chi connectivity index (χ0n) is 11.7. The number of halogens is 1. The fourth-order valence-corrected chi connectivity index (χ4v) is 2.39. The summed E-state index contributed by atoms with van der Waals surface area (Å²) in [6.45, 7) is 2.39. The van der Waals surface area contributed by atoms with E-state index in [1.165, 1.54) is 0 Å². The molecule has 0 spiro atoms. The number of nitriles is 2. The second-order valence-electron chi connectivity index (χ2n) is 4.46. The van der Waals surface area contributed by atoms with Crippen LogP contribution >= 0.6 is 11.6 Å². The van der Waals surface area contributed by atoms with Gasteiger partial charge < -0.3 is 9.88 Å². The lowest BCUT2D eigenvalue weighted by Crippen LogP contribution is -2.20. The lowest BCUT2D eigenvalue weighted by Gasteiger charge is -2.20. The van der Waals surface area contributed by atoms with Crippen molar-refractivity contribution in [3.05, 3.63) is 40.1 Å². The molecular weight excluding hydrogens is 288 g/mol. The first-order chi connectivity index (χ1) is 10.1. The van der Waals surface area contributed by atoms with Crippen molar-refractivity contribution in [1.82, 2.24) is 15.0 Å². The maximum Gasteiger partial charge on any atom is 0.149 e. The molecule has 1 N–H and O–H groups in total. The highest BCUT2D eigenvalue weighted by atomic mass is 35.5. The molecule has 2 aromatic rings. The predicted octanol–water partition coefficient (Wildman–Crippen LogP) is 2.40. The number of hydrogen-bond acceptors (Lipinski definition) is 5. The summed E-state index contributed by atoms with van der Waals surface area (Å²) in [5.74, 6) is 0.466. The third-order valence-corrected chi connectivity index (χ3v) is 3.41. The van der Waals surface area contributed by atoms with Gasteiger partial charge in [0, 0.05) is 13.2 Å². The molecule has 21 heavy (non-hydrogen) atoms. The summed E-state index contributed by atoms with van der Waals surface area (Å²) in [6.07, 6.45) is 3.83.